The van der Waals surface area contributed by atoms with Crippen molar-refractivity contribution in [2.45, 2.75) is 19.3 Å². The summed E-state index contributed by atoms with van der Waals surface area (Å²) in [6, 6.07) is 64.1. The van der Waals surface area contributed by atoms with Gasteiger partial charge >= 0.3 is 0 Å². The van der Waals surface area contributed by atoms with Crippen LogP contribution in [0.3, 0.4) is 0 Å². The fourth-order valence-electron chi connectivity index (χ4n) is 8.05. The Morgan fingerprint density at radius 1 is 0.407 bits per heavy atom. The summed E-state index contributed by atoms with van der Waals surface area (Å²) in [5, 5.41) is 0. The molecule has 4 nitrogen and oxygen atoms in total. The zero-order valence-corrected chi connectivity index (χ0v) is 30.1. The van der Waals surface area contributed by atoms with Crippen molar-refractivity contribution in [2.24, 2.45) is 0 Å². The normalized spacial score (nSPS) is 12.8. The second kappa shape index (κ2) is 12.6. The smallest absolute Gasteiger partial charge is 0.160 e. The number of rotatable bonds is 6. The lowest BCUT2D eigenvalue weighted by atomic mass is 9.81. The van der Waals surface area contributed by atoms with Gasteiger partial charge in [0.15, 0.2) is 5.82 Å². The van der Waals surface area contributed by atoms with E-state index in [1.165, 1.54) is 27.8 Å². The molecule has 7 aromatic carbocycles. The van der Waals surface area contributed by atoms with Crippen LogP contribution in [-0.2, 0) is 5.41 Å². The van der Waals surface area contributed by atoms with Crippen molar-refractivity contribution in [3.8, 4) is 73.2 Å². The molecule has 0 unspecified atom stereocenters. The first kappa shape index (κ1) is 31.8. The van der Waals surface area contributed by atoms with E-state index in [0.717, 1.165) is 61.8 Å². The van der Waals surface area contributed by atoms with Crippen LogP contribution in [0.15, 0.2) is 182 Å². The minimum atomic E-state index is -0.0601. The van der Waals surface area contributed by atoms with Crippen molar-refractivity contribution < 1.29 is 0 Å². The summed E-state index contributed by atoms with van der Waals surface area (Å²) in [6.45, 7) is 4.66. The van der Waals surface area contributed by atoms with Gasteiger partial charge in [-0.2, -0.15) is 0 Å². The Balaban J connectivity index is 1.05. The fraction of sp³-hybridized carbons (Fsp3) is 0.0600. The van der Waals surface area contributed by atoms with Crippen LogP contribution in [0, 0.1) is 0 Å². The molecule has 0 fully saturated rings. The average molecular weight is 693 g/mol. The van der Waals surface area contributed by atoms with Crippen molar-refractivity contribution in [2.75, 3.05) is 0 Å². The number of hydrogen-bond donors (Lipinski definition) is 0. The zero-order valence-electron chi connectivity index (χ0n) is 30.1. The molecule has 0 radical (unpaired) electrons. The summed E-state index contributed by atoms with van der Waals surface area (Å²) >= 11 is 0. The van der Waals surface area contributed by atoms with Gasteiger partial charge in [-0.3, -0.25) is 4.57 Å². The summed E-state index contributed by atoms with van der Waals surface area (Å²) < 4.78 is 2.22. The van der Waals surface area contributed by atoms with Crippen LogP contribution in [0.25, 0.3) is 84.3 Å². The minimum absolute atomic E-state index is 0.0601. The molecule has 0 spiro atoms. The molecule has 54 heavy (non-hydrogen) atoms. The molecule has 1 aliphatic carbocycles. The van der Waals surface area contributed by atoms with Gasteiger partial charge in [0.2, 0.25) is 0 Å². The highest BCUT2D eigenvalue weighted by Gasteiger charge is 2.35. The van der Waals surface area contributed by atoms with Crippen LogP contribution in [0.1, 0.15) is 25.0 Å². The Morgan fingerprint density at radius 3 is 1.81 bits per heavy atom. The highest BCUT2D eigenvalue weighted by Crippen LogP contribution is 2.49. The topological polar surface area (TPSA) is 43.6 Å². The SMILES string of the molecule is CC1(C)c2ccccc2-c2ccc(-c3cccc(-c4cc(-c5ccccc5)nc(-c5ccc(-c6nc7ccccc7n6-c6ccccc6)cc5)n4)c3)cc21. The average Bonchev–Trinajstić information content (AvgIpc) is 3.74. The first-order chi connectivity index (χ1) is 26.5. The molecule has 0 atom stereocenters. The first-order valence-electron chi connectivity index (χ1n) is 18.4. The van der Waals surface area contributed by atoms with Crippen LogP contribution >= 0.6 is 0 Å². The maximum atomic E-state index is 5.21. The summed E-state index contributed by atoms with van der Waals surface area (Å²) in [4.78, 5) is 15.4. The molecule has 2 heterocycles. The van der Waals surface area contributed by atoms with Crippen molar-refractivity contribution in [1.82, 2.24) is 19.5 Å². The van der Waals surface area contributed by atoms with E-state index in [-0.39, 0.29) is 5.41 Å². The molecule has 0 aliphatic heterocycles. The molecule has 256 valence electrons. The van der Waals surface area contributed by atoms with E-state index in [4.69, 9.17) is 15.0 Å². The van der Waals surface area contributed by atoms with E-state index >= 15 is 0 Å². The third-order valence-electron chi connectivity index (χ3n) is 10.8. The van der Waals surface area contributed by atoms with Gasteiger partial charge in [-0.1, -0.05) is 153 Å². The van der Waals surface area contributed by atoms with E-state index in [1.807, 2.05) is 18.2 Å². The maximum Gasteiger partial charge on any atom is 0.160 e. The highest BCUT2D eigenvalue weighted by atomic mass is 15.1. The Kier molecular flexibility index (Phi) is 7.44. The van der Waals surface area contributed by atoms with Crippen LogP contribution in [0.5, 0.6) is 0 Å². The number of imidazole rings is 1. The molecule has 0 N–H and O–H groups in total. The van der Waals surface area contributed by atoms with E-state index in [0.29, 0.717) is 5.82 Å². The monoisotopic (exact) mass is 692 g/mol. The number of nitrogens with zero attached hydrogens (tertiary/aromatic N) is 4. The van der Waals surface area contributed by atoms with Gasteiger partial charge in [0.25, 0.3) is 0 Å². The van der Waals surface area contributed by atoms with Gasteiger partial charge in [0.1, 0.15) is 5.82 Å². The van der Waals surface area contributed by atoms with E-state index in [1.54, 1.807) is 0 Å². The van der Waals surface area contributed by atoms with Gasteiger partial charge in [-0.15, -0.1) is 0 Å². The number of aromatic nitrogens is 4. The summed E-state index contributed by atoms with van der Waals surface area (Å²) in [7, 11) is 0. The molecule has 0 bridgehead atoms. The summed E-state index contributed by atoms with van der Waals surface area (Å²) in [5.41, 5.74) is 16.6. The van der Waals surface area contributed by atoms with Gasteiger partial charge in [0, 0.05) is 33.4 Å². The standard InChI is InChI=1S/C50H36N4/c1-50(2)42-21-10-9-20-40(42)41-29-28-37(31-43(41)50)36-16-13-17-38(30-36)46-32-45(33-14-5-3-6-15-33)51-48(52-46)34-24-26-35(27-25-34)49-53-44-22-11-12-23-47(44)54(49)39-18-7-4-8-19-39/h3-32H,1-2H3. The van der Waals surface area contributed by atoms with Gasteiger partial charge in [-0.25, -0.2) is 15.0 Å². The highest BCUT2D eigenvalue weighted by molar-refractivity contribution is 5.85. The first-order valence-corrected chi connectivity index (χ1v) is 18.4. The quantitative estimate of drug-likeness (QED) is 0.174. The lowest BCUT2D eigenvalue weighted by molar-refractivity contribution is 0.660. The Hall–Kier alpha value is -6.91. The lowest BCUT2D eigenvalue weighted by Gasteiger charge is -2.22. The van der Waals surface area contributed by atoms with Crippen LogP contribution in [0.2, 0.25) is 0 Å². The molecule has 4 heteroatoms. The van der Waals surface area contributed by atoms with Gasteiger partial charge < -0.3 is 0 Å². The van der Waals surface area contributed by atoms with Crippen LogP contribution in [0.4, 0.5) is 0 Å². The predicted molar refractivity (Wildman–Crippen MR) is 221 cm³/mol. The second-order valence-corrected chi connectivity index (χ2v) is 14.5. The van der Waals surface area contributed by atoms with Crippen molar-refractivity contribution in [1.29, 1.82) is 0 Å². The number of fused-ring (bicyclic) bond motifs is 4. The van der Waals surface area contributed by atoms with Crippen LogP contribution in [-0.4, -0.2) is 19.5 Å². The maximum absolute atomic E-state index is 5.21. The predicted octanol–water partition coefficient (Wildman–Crippen LogP) is 12.5. The van der Waals surface area contributed by atoms with Crippen molar-refractivity contribution in [3.63, 3.8) is 0 Å². The molecule has 0 amide bonds. The second-order valence-electron chi connectivity index (χ2n) is 14.5. The van der Waals surface area contributed by atoms with Crippen molar-refractivity contribution >= 4 is 11.0 Å². The summed E-state index contributed by atoms with van der Waals surface area (Å²) in [6.07, 6.45) is 0. The third kappa shape index (κ3) is 5.34. The van der Waals surface area contributed by atoms with E-state index < -0.39 is 0 Å². The van der Waals surface area contributed by atoms with Gasteiger partial charge in [-0.05, 0) is 75.8 Å². The Bertz CT molecular complexity index is 2830. The van der Waals surface area contributed by atoms with E-state index in [9.17, 15) is 0 Å². The molecule has 0 saturated heterocycles. The zero-order chi connectivity index (χ0) is 36.2. The molecule has 1 aliphatic rings. The molecular formula is C50H36N4. The fourth-order valence-corrected chi connectivity index (χ4v) is 8.05. The lowest BCUT2D eigenvalue weighted by Crippen LogP contribution is -2.14. The number of benzene rings is 7. The Morgan fingerprint density at radius 2 is 1.00 bits per heavy atom. The Labute approximate surface area is 315 Å². The van der Waals surface area contributed by atoms with E-state index in [2.05, 4.69) is 182 Å². The molecule has 9 aromatic rings. The van der Waals surface area contributed by atoms with Crippen LogP contribution < -0.4 is 0 Å². The molecule has 2 aromatic heterocycles. The summed E-state index contributed by atoms with van der Waals surface area (Å²) in [5.74, 6) is 1.57. The molecule has 0 saturated carbocycles. The minimum Gasteiger partial charge on any atom is -0.292 e. The third-order valence-corrected chi connectivity index (χ3v) is 10.8. The van der Waals surface area contributed by atoms with Gasteiger partial charge in [0.05, 0.1) is 22.4 Å². The largest absolute Gasteiger partial charge is 0.292 e. The number of hydrogen-bond acceptors (Lipinski definition) is 3. The van der Waals surface area contributed by atoms with Crippen molar-refractivity contribution in [3.05, 3.63) is 193 Å². The molecule has 10 rings (SSSR count). The molecular weight excluding hydrogens is 657 g/mol. The number of para-hydroxylation sites is 3.